The number of hydrogen-bond donors (Lipinski definition) is 0. The molecule has 18 heavy (non-hydrogen) atoms. The molecular formula is C15H19N3. The van der Waals surface area contributed by atoms with Crippen molar-refractivity contribution in [3.05, 3.63) is 36.2 Å². The fourth-order valence-corrected chi connectivity index (χ4v) is 2.39. The Hall–Kier alpha value is -1.64. The smallest absolute Gasteiger partial charge is 0.164 e. The number of hydrogen-bond acceptors (Lipinski definition) is 2. The van der Waals surface area contributed by atoms with E-state index in [0.717, 1.165) is 5.82 Å². The van der Waals surface area contributed by atoms with Crippen LogP contribution in [0.25, 0.3) is 11.4 Å². The highest BCUT2D eigenvalue weighted by atomic mass is 15.3. The summed E-state index contributed by atoms with van der Waals surface area (Å²) in [5.41, 5.74) is 2.67. The first-order valence-electron chi connectivity index (χ1n) is 6.57. The lowest BCUT2D eigenvalue weighted by Crippen LogP contribution is -2.13. The number of aromatic nitrogens is 3. The first-order chi connectivity index (χ1) is 8.57. The molecule has 3 nitrogen and oxygen atoms in total. The molecule has 0 N–H and O–H groups in total. The lowest BCUT2D eigenvalue weighted by Gasteiger charge is -2.22. The topological polar surface area (TPSA) is 30.7 Å². The third kappa shape index (κ3) is 1.94. The van der Waals surface area contributed by atoms with Gasteiger partial charge in [0.05, 0.1) is 0 Å². The van der Waals surface area contributed by atoms with E-state index in [-0.39, 0.29) is 5.41 Å². The maximum atomic E-state index is 4.33. The van der Waals surface area contributed by atoms with Crippen LogP contribution in [-0.2, 0) is 5.41 Å². The molecular weight excluding hydrogens is 222 g/mol. The van der Waals surface area contributed by atoms with E-state index < -0.39 is 0 Å². The summed E-state index contributed by atoms with van der Waals surface area (Å²) in [5, 5.41) is 8.43. The van der Waals surface area contributed by atoms with Crippen molar-refractivity contribution in [3.63, 3.8) is 0 Å². The highest BCUT2D eigenvalue weighted by Gasteiger charge is 2.28. The Bertz CT molecular complexity index is 559. The van der Waals surface area contributed by atoms with Crippen LogP contribution in [0.5, 0.6) is 0 Å². The van der Waals surface area contributed by atoms with Gasteiger partial charge in [0.25, 0.3) is 0 Å². The largest absolute Gasteiger partial charge is 0.310 e. The normalized spacial score (nSPS) is 15.9. The van der Waals surface area contributed by atoms with E-state index in [0.29, 0.717) is 6.04 Å². The standard InChI is InChI=1S/C15H19N3/c1-15(2,3)13-7-5-4-6-12(13)14-17-16-10-18(14)11-8-9-11/h4-7,10-11H,8-9H2,1-3H3. The Labute approximate surface area is 108 Å². The van der Waals surface area contributed by atoms with E-state index >= 15 is 0 Å². The van der Waals surface area contributed by atoms with Crippen molar-refractivity contribution < 1.29 is 0 Å². The lowest BCUT2D eigenvalue weighted by molar-refractivity contribution is 0.590. The molecule has 0 saturated heterocycles. The summed E-state index contributed by atoms with van der Waals surface area (Å²) >= 11 is 0. The van der Waals surface area contributed by atoms with E-state index in [1.165, 1.54) is 24.0 Å². The van der Waals surface area contributed by atoms with Crippen LogP contribution in [-0.4, -0.2) is 14.8 Å². The summed E-state index contributed by atoms with van der Waals surface area (Å²) in [6.45, 7) is 6.72. The van der Waals surface area contributed by atoms with Crippen molar-refractivity contribution in [1.82, 2.24) is 14.8 Å². The maximum Gasteiger partial charge on any atom is 0.164 e. The molecule has 94 valence electrons. The number of nitrogens with zero attached hydrogens (tertiary/aromatic N) is 3. The summed E-state index contributed by atoms with van der Waals surface area (Å²) in [5.74, 6) is 1.02. The predicted molar refractivity (Wildman–Crippen MR) is 72.4 cm³/mol. The number of benzene rings is 1. The van der Waals surface area contributed by atoms with E-state index in [1.807, 2.05) is 6.33 Å². The van der Waals surface area contributed by atoms with Crippen molar-refractivity contribution in [3.8, 4) is 11.4 Å². The van der Waals surface area contributed by atoms with Crippen LogP contribution in [0.4, 0.5) is 0 Å². The Morgan fingerprint density at radius 1 is 1.17 bits per heavy atom. The Kier molecular flexibility index (Phi) is 2.51. The molecule has 1 aromatic carbocycles. The van der Waals surface area contributed by atoms with Crippen LogP contribution in [0.15, 0.2) is 30.6 Å². The van der Waals surface area contributed by atoms with Gasteiger partial charge in [-0.1, -0.05) is 45.0 Å². The Balaban J connectivity index is 2.14. The summed E-state index contributed by atoms with van der Waals surface area (Å²) in [4.78, 5) is 0. The molecule has 0 spiro atoms. The quantitative estimate of drug-likeness (QED) is 0.804. The molecule has 1 saturated carbocycles. The summed E-state index contributed by atoms with van der Waals surface area (Å²) in [6, 6.07) is 9.14. The van der Waals surface area contributed by atoms with Gasteiger partial charge in [-0.25, -0.2) is 0 Å². The molecule has 0 amide bonds. The van der Waals surface area contributed by atoms with Gasteiger partial charge in [-0.2, -0.15) is 0 Å². The van der Waals surface area contributed by atoms with Gasteiger partial charge in [0.1, 0.15) is 6.33 Å². The molecule has 0 unspecified atom stereocenters. The average Bonchev–Trinajstić information content (AvgIpc) is 3.06. The van der Waals surface area contributed by atoms with Gasteiger partial charge in [0.2, 0.25) is 0 Å². The van der Waals surface area contributed by atoms with Crippen molar-refractivity contribution >= 4 is 0 Å². The van der Waals surface area contributed by atoms with Gasteiger partial charge in [-0.15, -0.1) is 10.2 Å². The minimum atomic E-state index is 0.122. The molecule has 0 bridgehead atoms. The predicted octanol–water partition coefficient (Wildman–Crippen LogP) is 3.58. The summed E-state index contributed by atoms with van der Waals surface area (Å²) in [6.07, 6.45) is 4.37. The highest BCUT2D eigenvalue weighted by molar-refractivity contribution is 5.62. The van der Waals surface area contributed by atoms with E-state index in [1.54, 1.807) is 0 Å². The van der Waals surface area contributed by atoms with Gasteiger partial charge < -0.3 is 4.57 Å². The Morgan fingerprint density at radius 2 is 1.89 bits per heavy atom. The molecule has 1 aromatic heterocycles. The zero-order chi connectivity index (χ0) is 12.8. The van der Waals surface area contributed by atoms with Crippen LogP contribution in [0, 0.1) is 0 Å². The SMILES string of the molecule is CC(C)(C)c1ccccc1-c1nncn1C1CC1. The summed E-state index contributed by atoms with van der Waals surface area (Å²) < 4.78 is 2.23. The molecule has 0 aliphatic heterocycles. The second-order valence-corrected chi connectivity index (χ2v) is 6.09. The molecule has 2 aromatic rings. The van der Waals surface area contributed by atoms with Crippen LogP contribution < -0.4 is 0 Å². The van der Waals surface area contributed by atoms with E-state index in [4.69, 9.17) is 0 Å². The minimum absolute atomic E-state index is 0.122. The highest BCUT2D eigenvalue weighted by Crippen LogP contribution is 2.39. The average molecular weight is 241 g/mol. The minimum Gasteiger partial charge on any atom is -0.310 e. The Morgan fingerprint density at radius 3 is 2.56 bits per heavy atom. The van der Waals surface area contributed by atoms with Gasteiger partial charge in [0, 0.05) is 11.6 Å². The first kappa shape index (κ1) is 11.5. The fraction of sp³-hybridized carbons (Fsp3) is 0.467. The van der Waals surface area contributed by atoms with Crippen LogP contribution in [0.1, 0.15) is 45.2 Å². The van der Waals surface area contributed by atoms with Crippen LogP contribution in [0.3, 0.4) is 0 Å². The van der Waals surface area contributed by atoms with Gasteiger partial charge in [-0.05, 0) is 23.8 Å². The van der Waals surface area contributed by atoms with Crippen molar-refractivity contribution in [2.45, 2.75) is 45.1 Å². The molecule has 1 heterocycles. The van der Waals surface area contributed by atoms with Gasteiger partial charge in [-0.3, -0.25) is 0 Å². The van der Waals surface area contributed by atoms with Gasteiger partial charge in [0.15, 0.2) is 5.82 Å². The van der Waals surface area contributed by atoms with Crippen LogP contribution in [0.2, 0.25) is 0 Å². The van der Waals surface area contributed by atoms with Crippen molar-refractivity contribution in [2.75, 3.05) is 0 Å². The van der Waals surface area contributed by atoms with E-state index in [9.17, 15) is 0 Å². The van der Waals surface area contributed by atoms with Crippen molar-refractivity contribution in [1.29, 1.82) is 0 Å². The van der Waals surface area contributed by atoms with Crippen molar-refractivity contribution in [2.24, 2.45) is 0 Å². The molecule has 1 aliphatic carbocycles. The molecule has 1 aliphatic rings. The molecule has 0 atom stereocenters. The van der Waals surface area contributed by atoms with Gasteiger partial charge >= 0.3 is 0 Å². The fourth-order valence-electron chi connectivity index (χ4n) is 2.39. The second-order valence-electron chi connectivity index (χ2n) is 6.09. The summed E-state index contributed by atoms with van der Waals surface area (Å²) in [7, 11) is 0. The monoisotopic (exact) mass is 241 g/mol. The molecule has 0 radical (unpaired) electrons. The number of rotatable bonds is 2. The van der Waals surface area contributed by atoms with E-state index in [2.05, 4.69) is 59.8 Å². The lowest BCUT2D eigenvalue weighted by atomic mass is 9.83. The van der Waals surface area contributed by atoms with Crippen LogP contribution >= 0.6 is 0 Å². The third-order valence-electron chi connectivity index (χ3n) is 3.49. The molecule has 3 heteroatoms. The molecule has 3 rings (SSSR count). The second kappa shape index (κ2) is 3.94. The zero-order valence-electron chi connectivity index (χ0n) is 11.2. The zero-order valence-corrected chi connectivity index (χ0v) is 11.2. The maximum absolute atomic E-state index is 4.33. The molecule has 1 fully saturated rings. The third-order valence-corrected chi connectivity index (χ3v) is 3.49. The first-order valence-corrected chi connectivity index (χ1v) is 6.57.